The summed E-state index contributed by atoms with van der Waals surface area (Å²) in [4.78, 5) is 15.9. The van der Waals surface area contributed by atoms with Crippen LogP contribution < -0.4 is 4.74 Å². The number of nitrogens with zero attached hydrogens (tertiary/aromatic N) is 2. The third-order valence-corrected chi connectivity index (χ3v) is 8.81. The highest BCUT2D eigenvalue weighted by atomic mass is 16.5. The molecular formula is C32H32N2O3. The molecule has 1 aromatic rings. The minimum Gasteiger partial charge on any atom is -0.493 e. The lowest BCUT2D eigenvalue weighted by molar-refractivity contribution is -0.135. The van der Waals surface area contributed by atoms with Crippen LogP contribution in [0.4, 0.5) is 0 Å². The summed E-state index contributed by atoms with van der Waals surface area (Å²) in [5, 5.41) is 9.58. The van der Waals surface area contributed by atoms with Gasteiger partial charge in [-0.25, -0.2) is 0 Å². The molecule has 5 atom stereocenters. The number of hydrogen-bond acceptors (Lipinski definition) is 4. The van der Waals surface area contributed by atoms with E-state index in [2.05, 4.69) is 57.7 Å². The van der Waals surface area contributed by atoms with Crippen LogP contribution in [-0.2, 0) is 9.53 Å². The standard InChI is InChI=1S/C32H32N2O3/c1-20-9-10-21(2)27(17-20)36-16-15-32-14-13-31(4,37-32)29-28(32)22(3)34(30(29)35)26-12-11-23(19-33)18-24-7-5-6-8-25(24)26/h5-12,17-18,24,28-29H,3,13-16H2,1-2,4H3/t24?,28-,29-,31-,32-/m1/s1. The number of allylic oxidation sites excluding steroid dienone is 9. The molecule has 3 fully saturated rings. The summed E-state index contributed by atoms with van der Waals surface area (Å²) in [5.41, 5.74) is 4.47. The lowest BCUT2D eigenvalue weighted by Gasteiger charge is -2.34. The first-order chi connectivity index (χ1) is 17.8. The Morgan fingerprint density at radius 1 is 1.19 bits per heavy atom. The Kier molecular flexibility index (Phi) is 5.43. The van der Waals surface area contributed by atoms with E-state index in [0.29, 0.717) is 18.6 Å². The molecule has 0 radical (unpaired) electrons. The average Bonchev–Trinajstić information content (AvgIpc) is 3.40. The van der Waals surface area contributed by atoms with Gasteiger partial charge in [0, 0.05) is 29.5 Å². The van der Waals surface area contributed by atoms with Crippen molar-refractivity contribution in [3.8, 4) is 11.8 Å². The molecule has 6 rings (SSSR count). The third-order valence-electron chi connectivity index (χ3n) is 8.81. The quantitative estimate of drug-likeness (QED) is 0.506. The van der Waals surface area contributed by atoms with Crippen molar-refractivity contribution in [2.24, 2.45) is 17.8 Å². The summed E-state index contributed by atoms with van der Waals surface area (Å²) in [5.74, 6) is 0.506. The van der Waals surface area contributed by atoms with Gasteiger partial charge in [-0.2, -0.15) is 5.26 Å². The van der Waals surface area contributed by atoms with Gasteiger partial charge in [0.15, 0.2) is 0 Å². The van der Waals surface area contributed by atoms with Crippen molar-refractivity contribution < 1.29 is 14.3 Å². The summed E-state index contributed by atoms with van der Waals surface area (Å²) < 4.78 is 13.0. The largest absolute Gasteiger partial charge is 0.493 e. The smallest absolute Gasteiger partial charge is 0.238 e. The summed E-state index contributed by atoms with van der Waals surface area (Å²) in [6, 6.07) is 8.50. The van der Waals surface area contributed by atoms with Gasteiger partial charge < -0.3 is 9.47 Å². The Balaban J connectivity index is 1.32. The van der Waals surface area contributed by atoms with Crippen molar-refractivity contribution >= 4 is 5.91 Å². The maximum Gasteiger partial charge on any atom is 0.238 e. The Hall–Kier alpha value is -3.62. The molecule has 1 amide bonds. The zero-order chi connectivity index (χ0) is 25.9. The van der Waals surface area contributed by atoms with Gasteiger partial charge in [-0.05, 0) is 68.5 Å². The van der Waals surface area contributed by atoms with E-state index in [1.807, 2.05) is 35.3 Å². The number of rotatable bonds is 5. The van der Waals surface area contributed by atoms with Crippen LogP contribution in [0.25, 0.3) is 0 Å². The zero-order valence-corrected chi connectivity index (χ0v) is 21.7. The van der Waals surface area contributed by atoms with Crippen LogP contribution in [0.5, 0.6) is 5.75 Å². The van der Waals surface area contributed by atoms with Crippen LogP contribution in [0, 0.1) is 42.9 Å². The van der Waals surface area contributed by atoms with Crippen LogP contribution in [0.2, 0.25) is 0 Å². The lowest BCUT2D eigenvalue weighted by atomic mass is 9.67. The number of ether oxygens (including phenoxy) is 2. The van der Waals surface area contributed by atoms with Gasteiger partial charge in [-0.3, -0.25) is 9.69 Å². The van der Waals surface area contributed by atoms with E-state index in [1.54, 1.807) is 6.08 Å². The lowest BCUT2D eigenvalue weighted by Crippen LogP contribution is -2.40. The van der Waals surface area contributed by atoms with Gasteiger partial charge in [-0.1, -0.05) is 49.1 Å². The monoisotopic (exact) mass is 492 g/mol. The average molecular weight is 493 g/mol. The van der Waals surface area contributed by atoms with Crippen molar-refractivity contribution in [2.45, 2.75) is 51.2 Å². The van der Waals surface area contributed by atoms with Gasteiger partial charge in [0.2, 0.25) is 5.91 Å². The molecule has 5 heteroatoms. The van der Waals surface area contributed by atoms with Crippen LogP contribution in [0.3, 0.4) is 0 Å². The molecule has 1 aromatic carbocycles. The maximum absolute atomic E-state index is 14.1. The highest BCUT2D eigenvalue weighted by Crippen LogP contribution is 2.65. The minimum absolute atomic E-state index is 0.0452. The molecule has 1 unspecified atom stereocenters. The van der Waals surface area contributed by atoms with Gasteiger partial charge in [0.1, 0.15) is 5.75 Å². The van der Waals surface area contributed by atoms with Crippen LogP contribution in [0.1, 0.15) is 37.3 Å². The third kappa shape index (κ3) is 3.58. The summed E-state index contributed by atoms with van der Waals surface area (Å²) in [6.45, 7) is 11.2. The predicted molar refractivity (Wildman–Crippen MR) is 142 cm³/mol. The molecule has 3 saturated heterocycles. The normalized spacial score (nSPS) is 33.4. The number of nitriles is 1. The number of aryl methyl sites for hydroxylation is 2. The van der Waals surface area contributed by atoms with Crippen molar-refractivity contribution in [2.75, 3.05) is 6.61 Å². The van der Waals surface area contributed by atoms with Crippen LogP contribution >= 0.6 is 0 Å². The Bertz CT molecular complexity index is 1400. The van der Waals surface area contributed by atoms with Gasteiger partial charge in [0.25, 0.3) is 0 Å². The van der Waals surface area contributed by atoms with E-state index >= 15 is 0 Å². The van der Waals surface area contributed by atoms with Gasteiger partial charge in [-0.15, -0.1) is 0 Å². The highest BCUT2D eigenvalue weighted by Gasteiger charge is 2.72. The van der Waals surface area contributed by atoms with Gasteiger partial charge >= 0.3 is 0 Å². The van der Waals surface area contributed by atoms with E-state index < -0.39 is 11.2 Å². The molecule has 2 aliphatic carbocycles. The Morgan fingerprint density at radius 2 is 2.03 bits per heavy atom. The fraction of sp³-hybridized carbons (Fsp3) is 0.375. The molecule has 0 spiro atoms. The number of benzene rings is 1. The van der Waals surface area contributed by atoms with Crippen molar-refractivity contribution in [1.82, 2.24) is 4.90 Å². The Morgan fingerprint density at radius 3 is 2.84 bits per heavy atom. The number of carbonyl (C=O) groups is 1. The second-order valence-corrected chi connectivity index (χ2v) is 11.1. The number of amides is 1. The van der Waals surface area contributed by atoms with Crippen molar-refractivity contribution in [1.29, 1.82) is 5.26 Å². The summed E-state index contributed by atoms with van der Waals surface area (Å²) in [6.07, 6.45) is 16.1. The van der Waals surface area contributed by atoms with E-state index in [1.165, 1.54) is 5.56 Å². The molecule has 0 N–H and O–H groups in total. The number of hydrogen-bond donors (Lipinski definition) is 0. The van der Waals surface area contributed by atoms with Crippen molar-refractivity contribution in [3.05, 3.63) is 101 Å². The fourth-order valence-corrected chi connectivity index (χ4v) is 6.99. The molecule has 188 valence electrons. The van der Waals surface area contributed by atoms with Crippen LogP contribution in [-0.4, -0.2) is 28.6 Å². The topological polar surface area (TPSA) is 62.6 Å². The number of likely N-dealkylation sites (tertiary alicyclic amines) is 1. The highest BCUT2D eigenvalue weighted by molar-refractivity contribution is 5.89. The molecule has 0 saturated carbocycles. The Labute approximate surface area is 218 Å². The van der Waals surface area contributed by atoms with E-state index in [0.717, 1.165) is 41.1 Å². The first-order valence-electron chi connectivity index (χ1n) is 13.1. The predicted octanol–water partition coefficient (Wildman–Crippen LogP) is 6.00. The van der Waals surface area contributed by atoms with Crippen LogP contribution in [0.15, 0.2) is 89.9 Å². The molecule has 5 nitrogen and oxygen atoms in total. The molecule has 3 aliphatic heterocycles. The van der Waals surface area contributed by atoms with E-state index in [-0.39, 0.29) is 23.7 Å². The molecule has 0 aromatic heterocycles. The SMILES string of the molecule is C=C1[C@@H]2[C@H](C(=O)N1C1=C3C=CC=CC3C=C(C#N)C=C1)[C@@]1(C)CC[C@]2(CCOc2cc(C)ccc2C)O1. The molecule has 2 bridgehead atoms. The van der Waals surface area contributed by atoms with E-state index in [9.17, 15) is 10.1 Å². The molecular weight excluding hydrogens is 460 g/mol. The van der Waals surface area contributed by atoms with Gasteiger partial charge in [0.05, 0.1) is 35.5 Å². The molecule has 5 aliphatic rings. The first-order valence-corrected chi connectivity index (χ1v) is 13.1. The minimum atomic E-state index is -0.518. The van der Waals surface area contributed by atoms with E-state index in [4.69, 9.17) is 9.47 Å². The number of fused-ring (bicyclic) bond motifs is 6. The maximum atomic E-state index is 14.1. The second kappa shape index (κ2) is 8.46. The first kappa shape index (κ1) is 23.8. The summed E-state index contributed by atoms with van der Waals surface area (Å²) in [7, 11) is 0. The molecule has 37 heavy (non-hydrogen) atoms. The number of carbonyl (C=O) groups excluding carboxylic acids is 1. The fourth-order valence-electron chi connectivity index (χ4n) is 6.99. The zero-order valence-electron chi connectivity index (χ0n) is 21.7. The summed E-state index contributed by atoms with van der Waals surface area (Å²) >= 11 is 0. The molecule has 3 heterocycles. The van der Waals surface area contributed by atoms with Crippen molar-refractivity contribution in [3.63, 3.8) is 0 Å². The second-order valence-electron chi connectivity index (χ2n) is 11.1.